The minimum Gasteiger partial charge on any atom is -0.357 e. The SMILES string of the molecule is CCNC(=NCC(c1cnn(C)c1)N(C)C)NC1CC1C. The third-order valence-electron chi connectivity index (χ3n) is 3.93. The molecule has 0 radical (unpaired) electrons. The van der Waals surface area contributed by atoms with Gasteiger partial charge in [0.1, 0.15) is 0 Å². The fourth-order valence-electron chi connectivity index (χ4n) is 2.38. The third-order valence-corrected chi connectivity index (χ3v) is 3.93. The van der Waals surface area contributed by atoms with Gasteiger partial charge in [-0.3, -0.25) is 9.67 Å². The van der Waals surface area contributed by atoms with Gasteiger partial charge in [0.2, 0.25) is 0 Å². The Bertz CT molecular complexity index is 478. The molecule has 21 heavy (non-hydrogen) atoms. The molecule has 6 nitrogen and oxygen atoms in total. The monoisotopic (exact) mass is 292 g/mol. The first-order valence-electron chi connectivity index (χ1n) is 7.71. The summed E-state index contributed by atoms with van der Waals surface area (Å²) in [5.74, 6) is 1.68. The number of likely N-dealkylation sites (N-methyl/N-ethyl adjacent to an activating group) is 1. The molecule has 0 spiro atoms. The summed E-state index contributed by atoms with van der Waals surface area (Å²) in [7, 11) is 6.10. The van der Waals surface area contributed by atoms with E-state index in [1.807, 2.05) is 17.9 Å². The Morgan fingerprint density at radius 1 is 1.57 bits per heavy atom. The lowest BCUT2D eigenvalue weighted by Gasteiger charge is -2.22. The number of nitrogens with one attached hydrogen (secondary N) is 2. The standard InChI is InChI=1S/C15H28N6/c1-6-16-15(19-13-7-11(13)2)17-9-14(20(3)4)12-8-18-21(5)10-12/h8,10-11,13-14H,6-7,9H2,1-5H3,(H2,16,17,19). The summed E-state index contributed by atoms with van der Waals surface area (Å²) in [5, 5.41) is 11.1. The first-order valence-corrected chi connectivity index (χ1v) is 7.71. The molecule has 1 heterocycles. The van der Waals surface area contributed by atoms with E-state index in [0.29, 0.717) is 6.04 Å². The molecule has 0 saturated heterocycles. The van der Waals surface area contributed by atoms with Crippen LogP contribution in [0.25, 0.3) is 0 Å². The smallest absolute Gasteiger partial charge is 0.191 e. The number of aryl methyl sites for hydroxylation is 1. The lowest BCUT2D eigenvalue weighted by molar-refractivity contribution is 0.306. The van der Waals surface area contributed by atoms with Crippen LogP contribution in [0.4, 0.5) is 0 Å². The first kappa shape index (κ1) is 15.8. The Kier molecular flexibility index (Phi) is 5.22. The number of guanidine groups is 1. The van der Waals surface area contributed by atoms with Gasteiger partial charge in [0.25, 0.3) is 0 Å². The predicted molar refractivity (Wildman–Crippen MR) is 86.3 cm³/mol. The minimum atomic E-state index is 0.241. The van der Waals surface area contributed by atoms with E-state index in [-0.39, 0.29) is 6.04 Å². The summed E-state index contributed by atoms with van der Waals surface area (Å²) in [6.45, 7) is 5.96. The maximum atomic E-state index is 4.75. The topological polar surface area (TPSA) is 57.5 Å². The van der Waals surface area contributed by atoms with Crippen LogP contribution in [0.15, 0.2) is 17.4 Å². The highest BCUT2D eigenvalue weighted by Gasteiger charge is 2.33. The summed E-state index contributed by atoms with van der Waals surface area (Å²) in [6, 6.07) is 0.824. The Morgan fingerprint density at radius 2 is 2.29 bits per heavy atom. The van der Waals surface area contributed by atoms with Crippen molar-refractivity contribution in [1.82, 2.24) is 25.3 Å². The second-order valence-electron chi connectivity index (χ2n) is 6.11. The van der Waals surface area contributed by atoms with Crippen LogP contribution in [0.5, 0.6) is 0 Å². The molecule has 1 aliphatic carbocycles. The van der Waals surface area contributed by atoms with Gasteiger partial charge in [-0.2, -0.15) is 5.10 Å². The van der Waals surface area contributed by atoms with Crippen molar-refractivity contribution >= 4 is 5.96 Å². The second kappa shape index (κ2) is 6.93. The molecule has 0 amide bonds. The van der Waals surface area contributed by atoms with E-state index in [4.69, 9.17) is 4.99 Å². The molecule has 1 aromatic rings. The van der Waals surface area contributed by atoms with Gasteiger partial charge >= 0.3 is 0 Å². The van der Waals surface area contributed by atoms with E-state index in [9.17, 15) is 0 Å². The van der Waals surface area contributed by atoms with Gasteiger partial charge in [-0.25, -0.2) is 0 Å². The molecule has 2 rings (SSSR count). The Morgan fingerprint density at radius 3 is 2.76 bits per heavy atom. The summed E-state index contributed by atoms with van der Waals surface area (Å²) >= 11 is 0. The second-order valence-corrected chi connectivity index (χ2v) is 6.11. The molecule has 3 unspecified atom stereocenters. The van der Waals surface area contributed by atoms with Crippen LogP contribution in [0.2, 0.25) is 0 Å². The van der Waals surface area contributed by atoms with Crippen LogP contribution in [-0.2, 0) is 7.05 Å². The highest BCUT2D eigenvalue weighted by Crippen LogP contribution is 2.28. The van der Waals surface area contributed by atoms with Gasteiger partial charge in [-0.05, 0) is 33.4 Å². The molecular weight excluding hydrogens is 264 g/mol. The Balaban J connectivity index is 2.01. The quantitative estimate of drug-likeness (QED) is 0.606. The third kappa shape index (κ3) is 4.46. The molecule has 0 aliphatic heterocycles. The lowest BCUT2D eigenvalue weighted by atomic mass is 10.1. The fourth-order valence-corrected chi connectivity index (χ4v) is 2.38. The van der Waals surface area contributed by atoms with Gasteiger partial charge in [-0.1, -0.05) is 6.92 Å². The normalized spacial score (nSPS) is 23.2. The van der Waals surface area contributed by atoms with Gasteiger partial charge in [0.15, 0.2) is 5.96 Å². The average Bonchev–Trinajstić information content (AvgIpc) is 2.93. The Labute approximate surface area is 127 Å². The highest BCUT2D eigenvalue weighted by molar-refractivity contribution is 5.80. The lowest BCUT2D eigenvalue weighted by Crippen LogP contribution is -2.39. The van der Waals surface area contributed by atoms with Crippen LogP contribution in [0, 0.1) is 5.92 Å². The van der Waals surface area contributed by atoms with E-state index in [1.54, 1.807) is 0 Å². The summed E-state index contributed by atoms with van der Waals surface area (Å²) in [6.07, 6.45) is 5.22. The molecule has 0 aromatic carbocycles. The number of rotatable bonds is 6. The molecule has 0 bridgehead atoms. The summed E-state index contributed by atoms with van der Waals surface area (Å²) in [5.41, 5.74) is 1.20. The molecular formula is C15H28N6. The molecule has 1 fully saturated rings. The molecule has 2 N–H and O–H groups in total. The molecule has 1 aliphatic rings. The summed E-state index contributed by atoms with van der Waals surface area (Å²) in [4.78, 5) is 6.94. The average molecular weight is 292 g/mol. The Hall–Kier alpha value is -1.56. The van der Waals surface area contributed by atoms with E-state index in [0.717, 1.165) is 25.0 Å². The van der Waals surface area contributed by atoms with Crippen molar-refractivity contribution in [2.24, 2.45) is 18.0 Å². The van der Waals surface area contributed by atoms with Crippen molar-refractivity contribution < 1.29 is 0 Å². The molecule has 118 valence electrons. The number of hydrogen-bond acceptors (Lipinski definition) is 3. The van der Waals surface area contributed by atoms with Crippen LogP contribution in [-0.4, -0.2) is 53.9 Å². The van der Waals surface area contributed by atoms with Gasteiger partial charge in [-0.15, -0.1) is 0 Å². The highest BCUT2D eigenvalue weighted by atomic mass is 15.3. The van der Waals surface area contributed by atoms with E-state index in [2.05, 4.69) is 54.8 Å². The van der Waals surface area contributed by atoms with E-state index < -0.39 is 0 Å². The first-order chi connectivity index (χ1) is 10.0. The van der Waals surface area contributed by atoms with Crippen LogP contribution >= 0.6 is 0 Å². The van der Waals surface area contributed by atoms with Crippen LogP contribution < -0.4 is 10.6 Å². The summed E-state index contributed by atoms with van der Waals surface area (Å²) < 4.78 is 1.84. The van der Waals surface area contributed by atoms with Crippen molar-refractivity contribution in [3.8, 4) is 0 Å². The van der Waals surface area contributed by atoms with E-state index in [1.165, 1.54) is 12.0 Å². The predicted octanol–water partition coefficient (Wildman–Crippen LogP) is 0.986. The van der Waals surface area contributed by atoms with Gasteiger partial charge in [0.05, 0.1) is 18.8 Å². The zero-order chi connectivity index (χ0) is 15.4. The molecule has 3 atom stereocenters. The zero-order valence-corrected chi connectivity index (χ0v) is 13.8. The number of aromatic nitrogens is 2. The van der Waals surface area contributed by atoms with Crippen LogP contribution in [0.1, 0.15) is 31.9 Å². The molecule has 1 aromatic heterocycles. The minimum absolute atomic E-state index is 0.241. The number of nitrogens with zero attached hydrogens (tertiary/aromatic N) is 4. The maximum absolute atomic E-state index is 4.75. The van der Waals surface area contributed by atoms with Gasteiger partial charge in [0, 0.05) is 31.4 Å². The van der Waals surface area contributed by atoms with Crippen molar-refractivity contribution in [3.05, 3.63) is 18.0 Å². The number of aliphatic imine (C=N–C) groups is 1. The van der Waals surface area contributed by atoms with E-state index >= 15 is 0 Å². The molecule has 1 saturated carbocycles. The zero-order valence-electron chi connectivity index (χ0n) is 13.8. The van der Waals surface area contributed by atoms with Crippen molar-refractivity contribution in [2.45, 2.75) is 32.4 Å². The van der Waals surface area contributed by atoms with Crippen molar-refractivity contribution in [3.63, 3.8) is 0 Å². The molecule has 6 heteroatoms. The van der Waals surface area contributed by atoms with Crippen molar-refractivity contribution in [1.29, 1.82) is 0 Å². The maximum Gasteiger partial charge on any atom is 0.191 e. The van der Waals surface area contributed by atoms with Gasteiger partial charge < -0.3 is 15.5 Å². The van der Waals surface area contributed by atoms with Crippen LogP contribution in [0.3, 0.4) is 0 Å². The largest absolute Gasteiger partial charge is 0.357 e. The van der Waals surface area contributed by atoms with Crippen molar-refractivity contribution in [2.75, 3.05) is 27.2 Å². The fraction of sp³-hybridized carbons (Fsp3) is 0.733. The number of hydrogen-bond donors (Lipinski definition) is 2.